The predicted molar refractivity (Wildman–Crippen MR) is 96.8 cm³/mol. The van der Waals surface area contributed by atoms with Crippen molar-refractivity contribution in [3.63, 3.8) is 0 Å². The molecule has 0 bridgehead atoms. The molecule has 0 spiro atoms. The van der Waals surface area contributed by atoms with Gasteiger partial charge in [-0.15, -0.1) is 0 Å². The summed E-state index contributed by atoms with van der Waals surface area (Å²) in [7, 11) is -1.07. The molecule has 142 valence electrons. The number of rotatable bonds is 5. The minimum absolute atomic E-state index is 0.129. The van der Waals surface area contributed by atoms with Crippen molar-refractivity contribution in [2.75, 3.05) is 24.2 Å². The quantitative estimate of drug-likeness (QED) is 0.708. The zero-order valence-corrected chi connectivity index (χ0v) is 15.2. The first-order valence-corrected chi connectivity index (χ1v) is 9.86. The molecule has 1 N–H and O–H groups in total. The Labute approximate surface area is 156 Å². The number of alkyl halides is 2. The molecule has 8 nitrogen and oxygen atoms in total. The Bertz CT molecular complexity index is 996. The van der Waals surface area contributed by atoms with E-state index in [0.717, 1.165) is 18.8 Å². The Morgan fingerprint density at radius 1 is 1.30 bits per heavy atom. The van der Waals surface area contributed by atoms with Crippen LogP contribution in [0.3, 0.4) is 0 Å². The van der Waals surface area contributed by atoms with Gasteiger partial charge in [0.15, 0.2) is 11.5 Å². The van der Waals surface area contributed by atoms with E-state index in [0.29, 0.717) is 23.7 Å². The molecule has 3 aromatic rings. The first kappa shape index (κ1) is 17.9. The number of fused-ring (bicyclic) bond motifs is 1. The molecule has 0 aliphatic carbocycles. The molecule has 4 heterocycles. The summed E-state index contributed by atoms with van der Waals surface area (Å²) in [5.74, 6) is 1.12. The maximum Gasteiger partial charge on any atom is 0.281 e. The summed E-state index contributed by atoms with van der Waals surface area (Å²) >= 11 is 0. The van der Waals surface area contributed by atoms with Gasteiger partial charge in [-0.25, -0.2) is 37.6 Å². The van der Waals surface area contributed by atoms with Gasteiger partial charge in [-0.1, -0.05) is 0 Å². The van der Waals surface area contributed by atoms with Gasteiger partial charge < -0.3 is 4.90 Å². The van der Waals surface area contributed by atoms with Crippen LogP contribution < -0.4 is 9.62 Å². The van der Waals surface area contributed by atoms with E-state index in [-0.39, 0.29) is 11.7 Å². The number of nitrogens with zero attached hydrogens (tertiary/aromatic N) is 6. The molecular weight excluding hydrogens is 376 g/mol. The third kappa shape index (κ3) is 3.65. The van der Waals surface area contributed by atoms with Crippen molar-refractivity contribution in [2.45, 2.75) is 18.9 Å². The molecule has 1 fully saturated rings. The Kier molecular flexibility index (Phi) is 4.79. The second-order valence-corrected chi connectivity index (χ2v) is 7.37. The highest BCUT2D eigenvalue weighted by molar-refractivity contribution is 7.82. The Balaban J connectivity index is 1.64. The number of nitrogens with one attached hydrogen (secondary N) is 1. The zero-order chi connectivity index (χ0) is 19.0. The molecule has 0 radical (unpaired) electrons. The summed E-state index contributed by atoms with van der Waals surface area (Å²) in [6.45, 7) is 1.46. The van der Waals surface area contributed by atoms with Gasteiger partial charge in [0.25, 0.3) is 6.43 Å². The van der Waals surface area contributed by atoms with Crippen LogP contribution in [0.5, 0.6) is 0 Å². The van der Waals surface area contributed by atoms with Crippen molar-refractivity contribution in [2.24, 2.45) is 0 Å². The Morgan fingerprint density at radius 2 is 2.15 bits per heavy atom. The molecule has 0 aromatic carbocycles. The van der Waals surface area contributed by atoms with Crippen LogP contribution in [0, 0.1) is 0 Å². The number of hydrogen-bond donors (Lipinski definition) is 1. The Hall–Kier alpha value is -2.53. The van der Waals surface area contributed by atoms with E-state index in [1.807, 2.05) is 0 Å². The predicted octanol–water partition coefficient (Wildman–Crippen LogP) is 1.59. The van der Waals surface area contributed by atoms with Crippen LogP contribution >= 0.6 is 0 Å². The fourth-order valence-electron chi connectivity index (χ4n) is 3.13. The van der Waals surface area contributed by atoms with Crippen molar-refractivity contribution in [3.05, 3.63) is 36.5 Å². The van der Waals surface area contributed by atoms with Crippen LogP contribution in [0.25, 0.3) is 17.2 Å². The van der Waals surface area contributed by atoms with E-state index < -0.39 is 17.4 Å². The minimum atomic E-state index is -2.67. The van der Waals surface area contributed by atoms with Crippen LogP contribution in [0.4, 0.5) is 14.6 Å². The lowest BCUT2D eigenvalue weighted by Gasteiger charge is -2.17. The molecule has 27 heavy (non-hydrogen) atoms. The van der Waals surface area contributed by atoms with Crippen molar-refractivity contribution in [1.82, 2.24) is 29.1 Å². The standard InChI is InChI=1S/C16H17F2N7OS/c1-27(26)23-10-3-5-24(8-10)13-2-4-19-16(22-13)12-6-21-14-7-20-11(15(17)18)9-25(12)14/h2,4,6-7,9-10,15,23H,3,5,8H2,1H3. The molecule has 4 rings (SSSR count). The van der Waals surface area contributed by atoms with Crippen LogP contribution in [0.2, 0.25) is 0 Å². The highest BCUT2D eigenvalue weighted by Gasteiger charge is 2.24. The van der Waals surface area contributed by atoms with E-state index in [4.69, 9.17) is 0 Å². The molecule has 2 unspecified atom stereocenters. The summed E-state index contributed by atoms with van der Waals surface area (Å²) in [6, 6.07) is 1.93. The van der Waals surface area contributed by atoms with Gasteiger partial charge in [0, 0.05) is 37.8 Å². The normalized spacial score (nSPS) is 18.5. The second-order valence-electron chi connectivity index (χ2n) is 6.23. The van der Waals surface area contributed by atoms with Gasteiger partial charge in [-0.05, 0) is 12.5 Å². The van der Waals surface area contributed by atoms with Gasteiger partial charge in [-0.2, -0.15) is 0 Å². The van der Waals surface area contributed by atoms with E-state index in [2.05, 4.69) is 29.6 Å². The molecule has 2 atom stereocenters. The largest absolute Gasteiger partial charge is 0.355 e. The van der Waals surface area contributed by atoms with Crippen molar-refractivity contribution in [1.29, 1.82) is 0 Å². The van der Waals surface area contributed by atoms with E-state index >= 15 is 0 Å². The van der Waals surface area contributed by atoms with Gasteiger partial charge in [-0.3, -0.25) is 4.40 Å². The number of halogens is 2. The smallest absolute Gasteiger partial charge is 0.281 e. The minimum Gasteiger partial charge on any atom is -0.355 e. The second kappa shape index (κ2) is 7.24. The lowest BCUT2D eigenvalue weighted by molar-refractivity contribution is 0.145. The van der Waals surface area contributed by atoms with E-state index in [1.54, 1.807) is 24.7 Å². The van der Waals surface area contributed by atoms with Gasteiger partial charge in [0.2, 0.25) is 0 Å². The van der Waals surface area contributed by atoms with Gasteiger partial charge in [0.05, 0.1) is 23.4 Å². The fourth-order valence-corrected chi connectivity index (χ4v) is 3.79. The number of hydrogen-bond acceptors (Lipinski definition) is 6. The molecule has 1 aliphatic heterocycles. The van der Waals surface area contributed by atoms with Crippen LogP contribution in [-0.4, -0.2) is 53.9 Å². The SMILES string of the molecule is CS(=O)NC1CCN(c2ccnc(-c3cnc4cnc(C(F)F)cn34)n2)C1. The van der Waals surface area contributed by atoms with Crippen molar-refractivity contribution in [3.8, 4) is 11.5 Å². The maximum atomic E-state index is 13.0. The summed E-state index contributed by atoms with van der Waals surface area (Å²) in [4.78, 5) is 18.8. The third-order valence-electron chi connectivity index (χ3n) is 4.35. The van der Waals surface area contributed by atoms with E-state index in [9.17, 15) is 13.0 Å². The van der Waals surface area contributed by atoms with Gasteiger partial charge >= 0.3 is 0 Å². The topological polar surface area (TPSA) is 88.3 Å². The summed E-state index contributed by atoms with van der Waals surface area (Å²) < 4.78 is 41.8. The summed E-state index contributed by atoms with van der Waals surface area (Å²) in [5, 5.41) is 0. The van der Waals surface area contributed by atoms with Gasteiger partial charge in [0.1, 0.15) is 17.2 Å². The highest BCUT2D eigenvalue weighted by atomic mass is 32.2. The molecule has 1 saturated heterocycles. The average molecular weight is 393 g/mol. The highest BCUT2D eigenvalue weighted by Crippen LogP contribution is 2.24. The van der Waals surface area contributed by atoms with Crippen LogP contribution in [0.15, 0.2) is 30.9 Å². The Morgan fingerprint density at radius 3 is 2.93 bits per heavy atom. The number of anilines is 1. The number of aromatic nitrogens is 5. The summed E-state index contributed by atoms with van der Waals surface area (Å²) in [5.41, 5.74) is 0.623. The first-order valence-electron chi connectivity index (χ1n) is 8.30. The zero-order valence-electron chi connectivity index (χ0n) is 14.4. The number of imidazole rings is 1. The maximum absolute atomic E-state index is 13.0. The third-order valence-corrected chi connectivity index (χ3v) is 5.02. The van der Waals surface area contributed by atoms with Crippen molar-refractivity contribution >= 4 is 22.5 Å². The fraction of sp³-hybridized carbons (Fsp3) is 0.375. The lowest BCUT2D eigenvalue weighted by Crippen LogP contribution is -2.33. The molecule has 3 aromatic heterocycles. The van der Waals surface area contributed by atoms with Crippen LogP contribution in [-0.2, 0) is 11.0 Å². The van der Waals surface area contributed by atoms with Crippen LogP contribution in [0.1, 0.15) is 18.5 Å². The lowest BCUT2D eigenvalue weighted by atomic mass is 10.3. The molecular formula is C16H17F2N7OS. The molecule has 0 saturated carbocycles. The van der Waals surface area contributed by atoms with Crippen molar-refractivity contribution < 1.29 is 13.0 Å². The average Bonchev–Trinajstić information content (AvgIpc) is 3.27. The molecule has 11 heteroatoms. The molecule has 1 aliphatic rings. The summed E-state index contributed by atoms with van der Waals surface area (Å²) in [6.07, 6.45) is 5.53. The molecule has 0 amide bonds. The van der Waals surface area contributed by atoms with E-state index in [1.165, 1.54) is 16.8 Å². The first-order chi connectivity index (χ1) is 13.0. The monoisotopic (exact) mass is 393 g/mol.